The van der Waals surface area contributed by atoms with Gasteiger partial charge in [0, 0.05) is 25.7 Å². The van der Waals surface area contributed by atoms with Crippen molar-refractivity contribution in [2.45, 2.75) is 13.0 Å². The van der Waals surface area contributed by atoms with Gasteiger partial charge in [0.15, 0.2) is 5.82 Å². The molecule has 1 atom stereocenters. The van der Waals surface area contributed by atoms with E-state index in [4.69, 9.17) is 5.73 Å². The Hall–Kier alpha value is -1.99. The fourth-order valence-electron chi connectivity index (χ4n) is 1.64. The van der Waals surface area contributed by atoms with Crippen molar-refractivity contribution < 1.29 is 4.79 Å². The van der Waals surface area contributed by atoms with E-state index in [1.54, 1.807) is 23.7 Å². The van der Waals surface area contributed by atoms with Gasteiger partial charge in [-0.2, -0.15) is 0 Å². The molecule has 7 heteroatoms. The molecule has 0 aliphatic rings. The maximum atomic E-state index is 12.2. The van der Waals surface area contributed by atoms with Crippen molar-refractivity contribution in [2.24, 2.45) is 5.73 Å². The molecule has 0 radical (unpaired) electrons. The minimum absolute atomic E-state index is 0.169. The number of nitrogens with two attached hydrogens (primary N) is 1. The summed E-state index contributed by atoms with van der Waals surface area (Å²) in [5.74, 6) is 0.438. The summed E-state index contributed by atoms with van der Waals surface area (Å²) in [6.07, 6.45) is 1.68. The Balaban J connectivity index is 2.19. The largest absolute Gasteiger partial charge is 0.361 e. The summed E-state index contributed by atoms with van der Waals surface area (Å²) in [5.41, 5.74) is 6.77. The molecule has 0 bridgehead atoms. The van der Waals surface area contributed by atoms with Crippen LogP contribution >= 0.6 is 11.3 Å². The van der Waals surface area contributed by atoms with Gasteiger partial charge in [0.1, 0.15) is 10.7 Å². The first-order chi connectivity index (χ1) is 9.49. The van der Waals surface area contributed by atoms with Crippen molar-refractivity contribution >= 4 is 28.7 Å². The summed E-state index contributed by atoms with van der Waals surface area (Å²) in [5, 5.41) is 5.27. The average Bonchev–Trinajstić information content (AvgIpc) is 2.89. The monoisotopic (exact) mass is 291 g/mol. The molecule has 0 aliphatic heterocycles. The summed E-state index contributed by atoms with van der Waals surface area (Å²) in [4.78, 5) is 22.5. The number of hydrogen-bond acceptors (Lipinski definition) is 6. The molecule has 2 aromatic rings. The summed E-state index contributed by atoms with van der Waals surface area (Å²) >= 11 is 1.38. The molecule has 0 spiro atoms. The van der Waals surface area contributed by atoms with Crippen LogP contribution in [0.25, 0.3) is 0 Å². The van der Waals surface area contributed by atoms with Gasteiger partial charge in [0.2, 0.25) is 0 Å². The summed E-state index contributed by atoms with van der Waals surface area (Å²) < 4.78 is 0. The fraction of sp³-hybridized carbons (Fsp3) is 0.308. The molecular weight excluding hydrogens is 274 g/mol. The van der Waals surface area contributed by atoms with E-state index in [2.05, 4.69) is 15.3 Å². The Morgan fingerprint density at radius 2 is 2.25 bits per heavy atom. The van der Waals surface area contributed by atoms with Crippen molar-refractivity contribution in [3.05, 3.63) is 34.4 Å². The van der Waals surface area contributed by atoms with Crippen LogP contribution in [0, 0.1) is 0 Å². The minimum atomic E-state index is -0.260. The molecule has 20 heavy (non-hydrogen) atoms. The van der Waals surface area contributed by atoms with Crippen molar-refractivity contribution in [2.75, 3.05) is 24.3 Å². The molecule has 0 aromatic carbocycles. The zero-order valence-corrected chi connectivity index (χ0v) is 12.4. The molecule has 2 heterocycles. The summed E-state index contributed by atoms with van der Waals surface area (Å²) in [6.45, 7) is 1.84. The summed E-state index contributed by atoms with van der Waals surface area (Å²) in [6, 6.07) is 3.41. The molecule has 1 amide bonds. The van der Waals surface area contributed by atoms with Gasteiger partial charge in [-0.3, -0.25) is 4.79 Å². The van der Waals surface area contributed by atoms with Crippen LogP contribution in [0.5, 0.6) is 0 Å². The van der Waals surface area contributed by atoms with Crippen LogP contribution in [0.4, 0.5) is 11.5 Å². The van der Waals surface area contributed by atoms with Gasteiger partial charge in [0.05, 0.1) is 11.7 Å². The first kappa shape index (κ1) is 14.4. The van der Waals surface area contributed by atoms with Gasteiger partial charge in [-0.25, -0.2) is 9.97 Å². The van der Waals surface area contributed by atoms with Crippen LogP contribution in [-0.4, -0.2) is 30.0 Å². The summed E-state index contributed by atoms with van der Waals surface area (Å²) in [7, 11) is 3.74. The van der Waals surface area contributed by atoms with Crippen LogP contribution < -0.4 is 16.0 Å². The first-order valence-corrected chi connectivity index (χ1v) is 7.01. The number of amides is 1. The molecule has 106 valence electrons. The Labute approximate surface area is 121 Å². The van der Waals surface area contributed by atoms with Crippen LogP contribution in [0.2, 0.25) is 0 Å². The quantitative estimate of drug-likeness (QED) is 0.898. The SMILES string of the molecule is CC(N)c1nc(C(=O)Nc2cccnc2N(C)C)cs1. The highest BCUT2D eigenvalue weighted by atomic mass is 32.1. The van der Waals surface area contributed by atoms with Gasteiger partial charge in [-0.15, -0.1) is 11.3 Å². The van der Waals surface area contributed by atoms with E-state index in [9.17, 15) is 4.79 Å². The smallest absolute Gasteiger partial charge is 0.275 e. The van der Waals surface area contributed by atoms with Gasteiger partial charge in [0.25, 0.3) is 5.91 Å². The number of carbonyl (C=O) groups excluding carboxylic acids is 1. The van der Waals surface area contributed by atoms with E-state index in [1.165, 1.54) is 11.3 Å². The third kappa shape index (κ3) is 3.12. The van der Waals surface area contributed by atoms with Gasteiger partial charge >= 0.3 is 0 Å². The van der Waals surface area contributed by atoms with E-state index in [0.717, 1.165) is 5.01 Å². The van der Waals surface area contributed by atoms with Crippen molar-refractivity contribution in [1.29, 1.82) is 0 Å². The fourth-order valence-corrected chi connectivity index (χ4v) is 2.40. The molecular formula is C13H17N5OS. The van der Waals surface area contributed by atoms with Gasteiger partial charge in [-0.1, -0.05) is 0 Å². The van der Waals surface area contributed by atoms with E-state index in [0.29, 0.717) is 17.2 Å². The highest BCUT2D eigenvalue weighted by molar-refractivity contribution is 7.09. The molecule has 0 fully saturated rings. The molecule has 0 aliphatic carbocycles. The molecule has 3 N–H and O–H groups in total. The van der Waals surface area contributed by atoms with E-state index in [-0.39, 0.29) is 11.9 Å². The molecule has 2 rings (SSSR count). The third-order valence-corrected chi connectivity index (χ3v) is 3.65. The number of thiazole rings is 1. The predicted octanol–water partition coefficient (Wildman–Crippen LogP) is 1.88. The normalized spacial score (nSPS) is 12.0. The Morgan fingerprint density at radius 1 is 1.50 bits per heavy atom. The average molecular weight is 291 g/mol. The van der Waals surface area contributed by atoms with Crippen molar-refractivity contribution in [1.82, 2.24) is 9.97 Å². The maximum absolute atomic E-state index is 12.2. The number of hydrogen-bond donors (Lipinski definition) is 2. The second-order valence-electron chi connectivity index (χ2n) is 4.58. The van der Waals surface area contributed by atoms with Crippen LogP contribution in [0.15, 0.2) is 23.7 Å². The Bertz CT molecular complexity index is 608. The number of aromatic nitrogens is 2. The van der Waals surface area contributed by atoms with Crippen LogP contribution in [-0.2, 0) is 0 Å². The number of nitrogens with zero attached hydrogens (tertiary/aromatic N) is 3. The van der Waals surface area contributed by atoms with Crippen LogP contribution in [0.1, 0.15) is 28.5 Å². The topological polar surface area (TPSA) is 84.1 Å². The molecule has 6 nitrogen and oxygen atoms in total. The maximum Gasteiger partial charge on any atom is 0.275 e. The molecule has 0 saturated heterocycles. The molecule has 1 unspecified atom stereocenters. The van der Waals surface area contributed by atoms with E-state index < -0.39 is 0 Å². The predicted molar refractivity (Wildman–Crippen MR) is 81.2 cm³/mol. The highest BCUT2D eigenvalue weighted by Crippen LogP contribution is 2.22. The van der Waals surface area contributed by atoms with Crippen molar-refractivity contribution in [3.8, 4) is 0 Å². The second kappa shape index (κ2) is 5.98. The standard InChI is InChI=1S/C13H17N5OS/c1-8(14)13-17-10(7-20-13)12(19)16-9-5-4-6-15-11(9)18(2)3/h4-8H,14H2,1-3H3,(H,16,19). The van der Waals surface area contributed by atoms with Crippen molar-refractivity contribution in [3.63, 3.8) is 0 Å². The van der Waals surface area contributed by atoms with Crippen LogP contribution in [0.3, 0.4) is 0 Å². The lowest BCUT2D eigenvalue weighted by atomic mass is 10.3. The zero-order valence-electron chi connectivity index (χ0n) is 11.6. The molecule has 2 aromatic heterocycles. The third-order valence-electron chi connectivity index (χ3n) is 2.60. The lowest BCUT2D eigenvalue weighted by molar-refractivity contribution is 0.102. The second-order valence-corrected chi connectivity index (χ2v) is 5.47. The highest BCUT2D eigenvalue weighted by Gasteiger charge is 2.15. The molecule has 0 saturated carbocycles. The number of carbonyl (C=O) groups is 1. The number of nitrogens with one attached hydrogen (secondary N) is 1. The lowest BCUT2D eigenvalue weighted by Gasteiger charge is -2.15. The Morgan fingerprint density at radius 3 is 2.85 bits per heavy atom. The Kier molecular flexibility index (Phi) is 4.31. The first-order valence-electron chi connectivity index (χ1n) is 6.13. The number of pyridine rings is 1. The number of rotatable bonds is 4. The lowest BCUT2D eigenvalue weighted by Crippen LogP contribution is -2.18. The number of anilines is 2. The zero-order chi connectivity index (χ0) is 14.7. The van der Waals surface area contributed by atoms with E-state index in [1.807, 2.05) is 25.9 Å². The van der Waals surface area contributed by atoms with E-state index >= 15 is 0 Å². The van der Waals surface area contributed by atoms with Gasteiger partial charge < -0.3 is 16.0 Å². The van der Waals surface area contributed by atoms with Gasteiger partial charge in [-0.05, 0) is 19.1 Å². The minimum Gasteiger partial charge on any atom is -0.361 e.